The van der Waals surface area contributed by atoms with Crippen LogP contribution in [0, 0.1) is 0 Å². The van der Waals surface area contributed by atoms with Crippen LogP contribution in [0.1, 0.15) is 20.3 Å². The van der Waals surface area contributed by atoms with E-state index in [1.54, 1.807) is 13.8 Å². The largest absolute Gasteiger partial charge is 0.335 e. The topological polar surface area (TPSA) is 58.4 Å². The van der Waals surface area contributed by atoms with Gasteiger partial charge in [0, 0.05) is 25.2 Å². The summed E-state index contributed by atoms with van der Waals surface area (Å²) in [5.74, 6) is 0.0847. The lowest BCUT2D eigenvalue weighted by molar-refractivity contribution is -0.137. The smallest absolute Gasteiger partial charge is 0.242 e. The summed E-state index contributed by atoms with van der Waals surface area (Å²) in [5.41, 5.74) is 5.06. The molecule has 0 spiro atoms. The number of nitrogens with zero attached hydrogens (tertiary/aromatic N) is 1. The molecule has 2 fully saturated rings. The fraction of sp³-hybridized carbons (Fsp3) is 0.889. The average molecular weight is 183 g/mol. The highest BCUT2D eigenvalue weighted by Crippen LogP contribution is 2.25. The summed E-state index contributed by atoms with van der Waals surface area (Å²) in [7, 11) is 0. The molecular weight excluding hydrogens is 166 g/mol. The number of amides is 1. The van der Waals surface area contributed by atoms with Gasteiger partial charge in [-0.3, -0.25) is 4.79 Å². The van der Waals surface area contributed by atoms with Gasteiger partial charge in [0.2, 0.25) is 5.91 Å². The van der Waals surface area contributed by atoms with Crippen LogP contribution < -0.4 is 11.1 Å². The van der Waals surface area contributed by atoms with Gasteiger partial charge in [0.25, 0.3) is 0 Å². The number of carbonyl (C=O) groups excluding carboxylic acids is 1. The molecule has 0 radical (unpaired) electrons. The number of nitrogens with one attached hydrogen (secondary N) is 1. The van der Waals surface area contributed by atoms with Crippen LogP contribution in [-0.2, 0) is 4.79 Å². The second-order valence-electron chi connectivity index (χ2n) is 4.67. The molecule has 3 N–H and O–H groups in total. The number of hydrogen-bond donors (Lipinski definition) is 2. The van der Waals surface area contributed by atoms with Crippen LogP contribution in [0.2, 0.25) is 0 Å². The van der Waals surface area contributed by atoms with Crippen LogP contribution in [0.5, 0.6) is 0 Å². The Morgan fingerprint density at radius 2 is 2.31 bits per heavy atom. The molecule has 4 nitrogen and oxygen atoms in total. The highest BCUT2D eigenvalue weighted by atomic mass is 16.2. The quantitative estimate of drug-likeness (QED) is 0.565. The minimum atomic E-state index is -0.718. The van der Waals surface area contributed by atoms with Crippen LogP contribution in [0.4, 0.5) is 0 Å². The Hall–Kier alpha value is -0.610. The van der Waals surface area contributed by atoms with Gasteiger partial charge in [0.1, 0.15) is 0 Å². The molecule has 2 aliphatic heterocycles. The summed E-state index contributed by atoms with van der Waals surface area (Å²) >= 11 is 0. The fourth-order valence-corrected chi connectivity index (χ4v) is 2.18. The summed E-state index contributed by atoms with van der Waals surface area (Å²) in [5, 5.41) is 3.36. The molecule has 2 heterocycles. The number of nitrogens with two attached hydrogens (primary N) is 1. The summed E-state index contributed by atoms with van der Waals surface area (Å²) in [6.45, 7) is 5.32. The van der Waals surface area contributed by atoms with Crippen molar-refractivity contribution in [3.8, 4) is 0 Å². The molecule has 0 aromatic heterocycles. The first-order chi connectivity index (χ1) is 5.98. The van der Waals surface area contributed by atoms with Crippen LogP contribution in [0.25, 0.3) is 0 Å². The molecule has 2 bridgehead atoms. The fourth-order valence-electron chi connectivity index (χ4n) is 2.18. The van der Waals surface area contributed by atoms with E-state index in [0.29, 0.717) is 12.1 Å². The molecule has 4 heteroatoms. The van der Waals surface area contributed by atoms with Gasteiger partial charge >= 0.3 is 0 Å². The number of piperazine rings is 1. The Balaban J connectivity index is 2.07. The van der Waals surface area contributed by atoms with Crippen molar-refractivity contribution >= 4 is 5.91 Å². The molecule has 0 saturated carbocycles. The summed E-state index contributed by atoms with van der Waals surface area (Å²) in [4.78, 5) is 13.8. The maximum absolute atomic E-state index is 11.8. The van der Waals surface area contributed by atoms with E-state index in [1.807, 2.05) is 4.90 Å². The monoisotopic (exact) mass is 183 g/mol. The van der Waals surface area contributed by atoms with E-state index in [4.69, 9.17) is 5.73 Å². The van der Waals surface area contributed by atoms with Gasteiger partial charge in [-0.1, -0.05) is 0 Å². The standard InChI is InChI=1S/C9H17N3O/c1-9(2,10)8(13)12-5-6-3-7(12)4-11-6/h6-7,11H,3-5,10H2,1-2H3. The molecule has 0 aromatic rings. The summed E-state index contributed by atoms with van der Waals surface area (Å²) < 4.78 is 0. The second kappa shape index (κ2) is 2.69. The zero-order valence-corrected chi connectivity index (χ0v) is 8.21. The minimum absolute atomic E-state index is 0.0847. The lowest BCUT2D eigenvalue weighted by atomic mass is 10.0. The van der Waals surface area contributed by atoms with E-state index in [2.05, 4.69) is 5.32 Å². The Labute approximate surface area is 78.5 Å². The molecule has 2 aliphatic rings. The SMILES string of the molecule is CC(C)(N)C(=O)N1CC2CC1CN2. The molecule has 13 heavy (non-hydrogen) atoms. The average Bonchev–Trinajstić information content (AvgIpc) is 2.60. The van der Waals surface area contributed by atoms with E-state index in [1.165, 1.54) is 0 Å². The van der Waals surface area contributed by atoms with E-state index in [9.17, 15) is 4.79 Å². The van der Waals surface area contributed by atoms with Crippen molar-refractivity contribution in [2.45, 2.75) is 37.9 Å². The van der Waals surface area contributed by atoms with Gasteiger partial charge in [0.05, 0.1) is 5.54 Å². The minimum Gasteiger partial charge on any atom is -0.335 e. The van der Waals surface area contributed by atoms with Gasteiger partial charge in [-0.25, -0.2) is 0 Å². The number of likely N-dealkylation sites (tertiary alicyclic amines) is 1. The first-order valence-corrected chi connectivity index (χ1v) is 4.82. The van der Waals surface area contributed by atoms with Gasteiger partial charge in [0.15, 0.2) is 0 Å². The Morgan fingerprint density at radius 1 is 1.62 bits per heavy atom. The number of rotatable bonds is 1. The van der Waals surface area contributed by atoms with Crippen LogP contribution >= 0.6 is 0 Å². The highest BCUT2D eigenvalue weighted by molar-refractivity contribution is 5.86. The van der Waals surface area contributed by atoms with Crippen molar-refractivity contribution in [2.24, 2.45) is 5.73 Å². The highest BCUT2D eigenvalue weighted by Gasteiger charge is 2.43. The maximum Gasteiger partial charge on any atom is 0.242 e. The normalized spacial score (nSPS) is 32.7. The third-order valence-electron chi connectivity index (χ3n) is 2.87. The number of fused-ring (bicyclic) bond motifs is 2. The molecule has 74 valence electrons. The molecule has 2 unspecified atom stereocenters. The molecule has 1 amide bonds. The molecule has 0 aromatic carbocycles. The van der Waals surface area contributed by atoms with Gasteiger partial charge < -0.3 is 16.0 Å². The van der Waals surface area contributed by atoms with Crippen LogP contribution in [0.15, 0.2) is 0 Å². The zero-order chi connectivity index (χ0) is 9.64. The maximum atomic E-state index is 11.8. The van der Waals surface area contributed by atoms with E-state index < -0.39 is 5.54 Å². The first kappa shape index (κ1) is 8.97. The molecular formula is C9H17N3O. The second-order valence-corrected chi connectivity index (χ2v) is 4.67. The van der Waals surface area contributed by atoms with Crippen LogP contribution in [0.3, 0.4) is 0 Å². The van der Waals surface area contributed by atoms with Gasteiger partial charge in [-0.15, -0.1) is 0 Å². The summed E-state index contributed by atoms with van der Waals surface area (Å²) in [6.07, 6.45) is 1.10. The van der Waals surface area contributed by atoms with E-state index in [0.717, 1.165) is 19.5 Å². The third-order valence-corrected chi connectivity index (χ3v) is 2.87. The number of carbonyl (C=O) groups is 1. The van der Waals surface area contributed by atoms with Gasteiger partial charge in [-0.2, -0.15) is 0 Å². The number of hydrogen-bond acceptors (Lipinski definition) is 3. The Kier molecular flexibility index (Phi) is 1.85. The molecule has 0 aliphatic carbocycles. The summed E-state index contributed by atoms with van der Waals surface area (Å²) in [6, 6.07) is 0.900. The zero-order valence-electron chi connectivity index (χ0n) is 8.21. The third kappa shape index (κ3) is 1.44. The Bertz CT molecular complexity index is 234. The van der Waals surface area contributed by atoms with Gasteiger partial charge in [-0.05, 0) is 20.3 Å². The molecule has 2 atom stereocenters. The lowest BCUT2D eigenvalue weighted by Crippen LogP contribution is -2.56. The predicted octanol–water partition coefficient (Wildman–Crippen LogP) is -0.704. The molecule has 2 saturated heterocycles. The van der Waals surface area contributed by atoms with Crippen molar-refractivity contribution in [2.75, 3.05) is 13.1 Å². The van der Waals surface area contributed by atoms with Crippen LogP contribution in [-0.4, -0.2) is 41.5 Å². The van der Waals surface area contributed by atoms with Crippen molar-refractivity contribution in [1.82, 2.24) is 10.2 Å². The van der Waals surface area contributed by atoms with Crippen molar-refractivity contribution in [1.29, 1.82) is 0 Å². The predicted molar refractivity (Wildman–Crippen MR) is 50.2 cm³/mol. The lowest BCUT2D eigenvalue weighted by Gasteiger charge is -2.32. The molecule has 2 rings (SSSR count). The first-order valence-electron chi connectivity index (χ1n) is 4.82. The van der Waals surface area contributed by atoms with E-state index in [-0.39, 0.29) is 5.91 Å². The van der Waals surface area contributed by atoms with E-state index >= 15 is 0 Å². The Morgan fingerprint density at radius 3 is 2.69 bits per heavy atom. The van der Waals surface area contributed by atoms with Crippen molar-refractivity contribution < 1.29 is 4.79 Å². The van der Waals surface area contributed by atoms with Crippen molar-refractivity contribution in [3.63, 3.8) is 0 Å². The van der Waals surface area contributed by atoms with Crippen molar-refractivity contribution in [3.05, 3.63) is 0 Å².